The summed E-state index contributed by atoms with van der Waals surface area (Å²) < 4.78 is 7.48. The first kappa shape index (κ1) is 15.8. The molecule has 1 aliphatic carbocycles. The van der Waals surface area contributed by atoms with Gasteiger partial charge in [0, 0.05) is 32.6 Å². The van der Waals surface area contributed by atoms with Crippen LogP contribution in [-0.2, 0) is 11.3 Å². The Morgan fingerprint density at radius 2 is 2.24 bits per heavy atom. The number of aryl methyl sites for hydroxylation is 1. The topological polar surface area (TPSA) is 68.2 Å². The summed E-state index contributed by atoms with van der Waals surface area (Å²) in [5.41, 5.74) is 0. The molecule has 0 aromatic carbocycles. The Labute approximate surface area is 126 Å². The number of nitrogens with zero attached hydrogens (tertiary/aromatic N) is 2. The molecule has 1 aromatic rings. The minimum Gasteiger partial charge on any atom is -0.379 e. The van der Waals surface area contributed by atoms with Gasteiger partial charge in [0.1, 0.15) is 0 Å². The monoisotopic (exact) mass is 294 g/mol. The van der Waals surface area contributed by atoms with Crippen LogP contribution in [0.15, 0.2) is 18.7 Å². The maximum atomic E-state index is 11.9. The highest BCUT2D eigenvalue weighted by molar-refractivity contribution is 5.74. The van der Waals surface area contributed by atoms with E-state index in [2.05, 4.69) is 15.6 Å². The molecule has 0 bridgehead atoms. The molecule has 0 aliphatic heterocycles. The molecule has 1 aliphatic rings. The van der Waals surface area contributed by atoms with Crippen molar-refractivity contribution in [2.24, 2.45) is 0 Å². The van der Waals surface area contributed by atoms with E-state index in [9.17, 15) is 4.79 Å². The number of urea groups is 1. The molecule has 0 unspecified atom stereocenters. The van der Waals surface area contributed by atoms with Crippen LogP contribution in [0.1, 0.15) is 38.5 Å². The first-order chi connectivity index (χ1) is 10.3. The third-order valence-electron chi connectivity index (χ3n) is 4.01. The second kappa shape index (κ2) is 8.67. The molecule has 0 spiro atoms. The lowest BCUT2D eigenvalue weighted by molar-refractivity contribution is 0.0452. The molecule has 118 valence electrons. The van der Waals surface area contributed by atoms with E-state index in [0.29, 0.717) is 6.54 Å². The van der Waals surface area contributed by atoms with Crippen molar-refractivity contribution < 1.29 is 9.53 Å². The maximum absolute atomic E-state index is 11.9. The number of hydrogen-bond acceptors (Lipinski definition) is 3. The van der Waals surface area contributed by atoms with E-state index in [0.717, 1.165) is 38.6 Å². The fraction of sp³-hybridized carbons (Fsp3) is 0.733. The molecule has 1 saturated carbocycles. The standard InChI is InChI=1S/C15H26N4O2/c1-21-14-7-3-2-6-13(14)18-15(20)17-8-4-5-10-19-11-9-16-12-19/h9,11-14H,2-8,10H2,1H3,(H2,17,18,20)/t13-,14-/m1/s1. The van der Waals surface area contributed by atoms with E-state index in [1.165, 1.54) is 6.42 Å². The number of carbonyl (C=O) groups is 1. The summed E-state index contributed by atoms with van der Waals surface area (Å²) in [6.07, 6.45) is 12.1. The van der Waals surface area contributed by atoms with Crippen LogP contribution in [0.3, 0.4) is 0 Å². The van der Waals surface area contributed by atoms with E-state index in [1.807, 2.05) is 17.1 Å². The minimum absolute atomic E-state index is 0.0772. The van der Waals surface area contributed by atoms with Crippen LogP contribution >= 0.6 is 0 Å². The molecule has 21 heavy (non-hydrogen) atoms. The molecule has 1 fully saturated rings. The Balaban J connectivity index is 1.56. The number of amides is 2. The van der Waals surface area contributed by atoms with Gasteiger partial charge in [-0.2, -0.15) is 0 Å². The molecule has 2 N–H and O–H groups in total. The van der Waals surface area contributed by atoms with Gasteiger partial charge in [-0.05, 0) is 25.7 Å². The van der Waals surface area contributed by atoms with Crippen LogP contribution in [0.25, 0.3) is 0 Å². The second-order valence-corrected chi connectivity index (χ2v) is 5.57. The van der Waals surface area contributed by atoms with E-state index in [-0.39, 0.29) is 18.2 Å². The third kappa shape index (κ3) is 5.38. The molecule has 0 saturated heterocycles. The van der Waals surface area contributed by atoms with Crippen molar-refractivity contribution in [3.05, 3.63) is 18.7 Å². The molecule has 1 aromatic heterocycles. The van der Waals surface area contributed by atoms with E-state index in [4.69, 9.17) is 4.74 Å². The summed E-state index contributed by atoms with van der Waals surface area (Å²) in [4.78, 5) is 15.9. The van der Waals surface area contributed by atoms with Gasteiger partial charge in [0.2, 0.25) is 0 Å². The summed E-state index contributed by atoms with van der Waals surface area (Å²) in [5, 5.41) is 5.96. The van der Waals surface area contributed by atoms with Gasteiger partial charge in [-0.25, -0.2) is 9.78 Å². The molecular formula is C15H26N4O2. The number of carbonyl (C=O) groups excluding carboxylic acids is 1. The Morgan fingerprint density at radius 3 is 3.00 bits per heavy atom. The number of rotatable bonds is 7. The molecule has 0 radical (unpaired) electrons. The SMILES string of the molecule is CO[C@@H]1CCCC[C@H]1NC(=O)NCCCCn1ccnc1. The minimum atomic E-state index is -0.0772. The smallest absolute Gasteiger partial charge is 0.315 e. The Morgan fingerprint density at radius 1 is 1.38 bits per heavy atom. The number of aromatic nitrogens is 2. The van der Waals surface area contributed by atoms with Crippen molar-refractivity contribution in [2.75, 3.05) is 13.7 Å². The summed E-state index contributed by atoms with van der Waals surface area (Å²) >= 11 is 0. The fourth-order valence-electron chi connectivity index (χ4n) is 2.80. The number of methoxy groups -OCH3 is 1. The van der Waals surface area contributed by atoms with Crippen LogP contribution in [0, 0.1) is 0 Å². The zero-order chi connectivity index (χ0) is 14.9. The van der Waals surface area contributed by atoms with Gasteiger partial charge in [-0.15, -0.1) is 0 Å². The number of hydrogen-bond donors (Lipinski definition) is 2. The predicted molar refractivity (Wildman–Crippen MR) is 81.0 cm³/mol. The summed E-state index contributed by atoms with van der Waals surface area (Å²) in [6.45, 7) is 1.64. The highest BCUT2D eigenvalue weighted by Gasteiger charge is 2.25. The van der Waals surface area contributed by atoms with Crippen LogP contribution in [0.5, 0.6) is 0 Å². The first-order valence-corrected chi connectivity index (χ1v) is 7.82. The Hall–Kier alpha value is -1.56. The maximum Gasteiger partial charge on any atom is 0.315 e. The van der Waals surface area contributed by atoms with Gasteiger partial charge in [0.05, 0.1) is 18.5 Å². The van der Waals surface area contributed by atoms with Gasteiger partial charge >= 0.3 is 6.03 Å². The molecule has 2 atom stereocenters. The predicted octanol–water partition coefficient (Wildman–Crippen LogP) is 1.92. The molecule has 6 nitrogen and oxygen atoms in total. The molecule has 1 heterocycles. The van der Waals surface area contributed by atoms with Gasteiger partial charge in [0.25, 0.3) is 0 Å². The number of nitrogens with one attached hydrogen (secondary N) is 2. The highest BCUT2D eigenvalue weighted by atomic mass is 16.5. The molecule has 2 amide bonds. The van der Waals surface area contributed by atoms with E-state index >= 15 is 0 Å². The van der Waals surface area contributed by atoms with Crippen LogP contribution in [-0.4, -0.2) is 41.4 Å². The Bertz CT molecular complexity index is 408. The average Bonchev–Trinajstić information content (AvgIpc) is 3.01. The summed E-state index contributed by atoms with van der Waals surface area (Å²) in [6, 6.07) is 0.0706. The highest BCUT2D eigenvalue weighted by Crippen LogP contribution is 2.20. The van der Waals surface area contributed by atoms with E-state index in [1.54, 1.807) is 13.3 Å². The zero-order valence-electron chi connectivity index (χ0n) is 12.8. The second-order valence-electron chi connectivity index (χ2n) is 5.57. The van der Waals surface area contributed by atoms with Crippen molar-refractivity contribution in [2.45, 2.75) is 57.2 Å². The van der Waals surface area contributed by atoms with Gasteiger partial charge in [-0.3, -0.25) is 0 Å². The van der Waals surface area contributed by atoms with Crippen molar-refractivity contribution in [1.29, 1.82) is 0 Å². The van der Waals surface area contributed by atoms with Crippen LogP contribution < -0.4 is 10.6 Å². The largest absolute Gasteiger partial charge is 0.379 e. The fourth-order valence-corrected chi connectivity index (χ4v) is 2.80. The van der Waals surface area contributed by atoms with Crippen molar-refractivity contribution in [3.63, 3.8) is 0 Å². The van der Waals surface area contributed by atoms with Crippen LogP contribution in [0.4, 0.5) is 4.79 Å². The lowest BCUT2D eigenvalue weighted by Crippen LogP contribution is -2.49. The van der Waals surface area contributed by atoms with Crippen molar-refractivity contribution >= 4 is 6.03 Å². The number of imidazole rings is 1. The van der Waals surface area contributed by atoms with Crippen molar-refractivity contribution in [1.82, 2.24) is 20.2 Å². The summed E-state index contributed by atoms with van der Waals surface area (Å²) in [5.74, 6) is 0. The first-order valence-electron chi connectivity index (χ1n) is 7.82. The van der Waals surface area contributed by atoms with Crippen LogP contribution in [0.2, 0.25) is 0 Å². The zero-order valence-corrected chi connectivity index (χ0v) is 12.8. The number of ether oxygens (including phenoxy) is 1. The normalized spacial score (nSPS) is 22.0. The molecular weight excluding hydrogens is 268 g/mol. The quantitative estimate of drug-likeness (QED) is 0.755. The Kier molecular flexibility index (Phi) is 6.53. The summed E-state index contributed by atoms with van der Waals surface area (Å²) in [7, 11) is 1.72. The third-order valence-corrected chi connectivity index (χ3v) is 4.01. The average molecular weight is 294 g/mol. The van der Waals surface area contributed by atoms with E-state index < -0.39 is 0 Å². The lowest BCUT2D eigenvalue weighted by Gasteiger charge is -2.31. The number of unbranched alkanes of at least 4 members (excludes halogenated alkanes) is 1. The molecule has 2 rings (SSSR count). The van der Waals surface area contributed by atoms with Crippen molar-refractivity contribution in [3.8, 4) is 0 Å². The lowest BCUT2D eigenvalue weighted by atomic mass is 9.92. The molecule has 6 heteroatoms. The van der Waals surface area contributed by atoms with Gasteiger partial charge < -0.3 is 19.9 Å². The van der Waals surface area contributed by atoms with Gasteiger partial charge in [-0.1, -0.05) is 12.8 Å². The van der Waals surface area contributed by atoms with Gasteiger partial charge in [0.15, 0.2) is 0 Å².